The van der Waals surface area contributed by atoms with Gasteiger partial charge in [0.15, 0.2) is 0 Å². The van der Waals surface area contributed by atoms with Gasteiger partial charge in [0.25, 0.3) is 0 Å². The van der Waals surface area contributed by atoms with Crippen molar-refractivity contribution in [1.29, 1.82) is 0 Å². The normalized spacial score (nSPS) is 11.5. The summed E-state index contributed by atoms with van der Waals surface area (Å²) in [6.45, 7) is 3.14. The van der Waals surface area contributed by atoms with Gasteiger partial charge in [0.05, 0.1) is 0 Å². The zero-order chi connectivity index (χ0) is 16.1. The lowest BCUT2D eigenvalue weighted by Crippen LogP contribution is -2.46. The molecule has 0 radical (unpaired) electrons. The SMILES string of the molecule is CCCNC(=O)CCNC(=O)NC(CCCOC)C(=O)O. The Balaban J connectivity index is 3.92. The first kappa shape index (κ1) is 19.2. The van der Waals surface area contributed by atoms with Crippen molar-refractivity contribution < 1.29 is 24.2 Å². The van der Waals surface area contributed by atoms with E-state index in [-0.39, 0.29) is 25.3 Å². The zero-order valence-corrected chi connectivity index (χ0v) is 12.6. The van der Waals surface area contributed by atoms with E-state index >= 15 is 0 Å². The van der Waals surface area contributed by atoms with Crippen LogP contribution in [-0.4, -0.2) is 55.9 Å². The second-order valence-electron chi connectivity index (χ2n) is 4.53. The Bertz CT molecular complexity index is 336. The van der Waals surface area contributed by atoms with Gasteiger partial charge in [-0.25, -0.2) is 9.59 Å². The predicted molar refractivity (Wildman–Crippen MR) is 77.0 cm³/mol. The molecule has 0 bridgehead atoms. The van der Waals surface area contributed by atoms with E-state index in [2.05, 4.69) is 16.0 Å². The first-order chi connectivity index (χ1) is 10.0. The highest BCUT2D eigenvalue weighted by Crippen LogP contribution is 1.98. The summed E-state index contributed by atoms with van der Waals surface area (Å²) in [5.74, 6) is -1.24. The Morgan fingerprint density at radius 1 is 1.19 bits per heavy atom. The fourth-order valence-corrected chi connectivity index (χ4v) is 1.54. The van der Waals surface area contributed by atoms with Crippen molar-refractivity contribution in [3.8, 4) is 0 Å². The summed E-state index contributed by atoms with van der Waals surface area (Å²) in [7, 11) is 1.53. The van der Waals surface area contributed by atoms with E-state index in [0.29, 0.717) is 19.6 Å². The van der Waals surface area contributed by atoms with Crippen LogP contribution >= 0.6 is 0 Å². The largest absolute Gasteiger partial charge is 0.480 e. The van der Waals surface area contributed by atoms with E-state index in [1.807, 2.05) is 6.92 Å². The van der Waals surface area contributed by atoms with Gasteiger partial charge in [-0.3, -0.25) is 4.79 Å². The fraction of sp³-hybridized carbons (Fsp3) is 0.769. The molecule has 122 valence electrons. The summed E-state index contributed by atoms with van der Waals surface area (Å²) in [5, 5.41) is 16.5. The van der Waals surface area contributed by atoms with Gasteiger partial charge >= 0.3 is 12.0 Å². The number of carboxylic acid groups (broad SMARTS) is 1. The third-order valence-electron chi connectivity index (χ3n) is 2.65. The standard InChI is InChI=1S/C13H25N3O5/c1-3-7-14-11(17)6-8-15-13(20)16-10(12(18)19)5-4-9-21-2/h10H,3-9H2,1-2H3,(H,14,17)(H,18,19)(H2,15,16,20). The average molecular weight is 303 g/mol. The number of carbonyl (C=O) groups excluding carboxylic acids is 2. The summed E-state index contributed by atoms with van der Waals surface area (Å²) < 4.78 is 4.83. The van der Waals surface area contributed by atoms with Gasteiger partial charge in [-0.1, -0.05) is 6.92 Å². The highest BCUT2D eigenvalue weighted by atomic mass is 16.5. The molecular weight excluding hydrogens is 278 g/mol. The molecule has 21 heavy (non-hydrogen) atoms. The van der Waals surface area contributed by atoms with Gasteiger partial charge in [-0.15, -0.1) is 0 Å². The molecule has 0 aliphatic rings. The predicted octanol–water partition coefficient (Wildman–Crippen LogP) is 0.0817. The summed E-state index contributed by atoms with van der Waals surface area (Å²) in [4.78, 5) is 33.8. The average Bonchev–Trinajstić information content (AvgIpc) is 2.44. The van der Waals surface area contributed by atoms with Crippen molar-refractivity contribution in [3.63, 3.8) is 0 Å². The van der Waals surface area contributed by atoms with Crippen molar-refractivity contribution in [3.05, 3.63) is 0 Å². The van der Waals surface area contributed by atoms with E-state index in [0.717, 1.165) is 6.42 Å². The number of carbonyl (C=O) groups is 3. The molecule has 0 aromatic carbocycles. The van der Waals surface area contributed by atoms with Crippen molar-refractivity contribution in [1.82, 2.24) is 16.0 Å². The lowest BCUT2D eigenvalue weighted by molar-refractivity contribution is -0.139. The zero-order valence-electron chi connectivity index (χ0n) is 12.6. The number of urea groups is 1. The number of aliphatic carboxylic acids is 1. The first-order valence-corrected chi connectivity index (χ1v) is 7.04. The first-order valence-electron chi connectivity index (χ1n) is 7.04. The summed E-state index contributed by atoms with van der Waals surface area (Å²) in [6.07, 6.45) is 1.83. The molecule has 0 rings (SSSR count). The minimum absolute atomic E-state index is 0.146. The van der Waals surface area contributed by atoms with Gasteiger partial charge in [-0.05, 0) is 19.3 Å². The van der Waals surface area contributed by atoms with Crippen LogP contribution in [0.3, 0.4) is 0 Å². The topological polar surface area (TPSA) is 117 Å². The van der Waals surface area contributed by atoms with Crippen LogP contribution in [0.4, 0.5) is 4.79 Å². The maximum Gasteiger partial charge on any atom is 0.326 e. The van der Waals surface area contributed by atoms with Gasteiger partial charge in [0, 0.05) is 33.2 Å². The lowest BCUT2D eigenvalue weighted by Gasteiger charge is -2.14. The van der Waals surface area contributed by atoms with Gasteiger partial charge in [0.1, 0.15) is 6.04 Å². The minimum Gasteiger partial charge on any atom is -0.480 e. The number of carboxylic acids is 1. The second kappa shape index (κ2) is 12.0. The highest BCUT2D eigenvalue weighted by Gasteiger charge is 2.19. The molecule has 1 unspecified atom stereocenters. The van der Waals surface area contributed by atoms with E-state index < -0.39 is 18.0 Å². The molecule has 0 aliphatic heterocycles. The molecule has 0 spiro atoms. The number of hydrogen-bond acceptors (Lipinski definition) is 4. The monoisotopic (exact) mass is 303 g/mol. The molecule has 1 atom stereocenters. The summed E-state index contributed by atoms with van der Waals surface area (Å²) in [5.41, 5.74) is 0. The van der Waals surface area contributed by atoms with Gasteiger partial charge in [-0.2, -0.15) is 0 Å². The Morgan fingerprint density at radius 2 is 1.90 bits per heavy atom. The molecule has 8 nitrogen and oxygen atoms in total. The Morgan fingerprint density at radius 3 is 2.48 bits per heavy atom. The maximum atomic E-state index is 11.5. The van der Waals surface area contributed by atoms with Crippen LogP contribution < -0.4 is 16.0 Å². The second-order valence-corrected chi connectivity index (χ2v) is 4.53. The van der Waals surface area contributed by atoms with Crippen LogP contribution in [-0.2, 0) is 14.3 Å². The molecule has 8 heteroatoms. The van der Waals surface area contributed by atoms with Crippen molar-refractivity contribution in [2.75, 3.05) is 26.8 Å². The molecule has 0 aromatic rings. The van der Waals surface area contributed by atoms with Crippen LogP contribution in [0.2, 0.25) is 0 Å². The Labute approximate surface area is 124 Å². The van der Waals surface area contributed by atoms with E-state index in [9.17, 15) is 14.4 Å². The Kier molecular flexibility index (Phi) is 10.9. The van der Waals surface area contributed by atoms with Crippen molar-refractivity contribution >= 4 is 17.9 Å². The molecule has 0 fully saturated rings. The van der Waals surface area contributed by atoms with Crippen LogP contribution in [0.15, 0.2) is 0 Å². The van der Waals surface area contributed by atoms with Crippen LogP contribution in [0.5, 0.6) is 0 Å². The summed E-state index contributed by atoms with van der Waals surface area (Å²) in [6, 6.07) is -1.56. The van der Waals surface area contributed by atoms with Gasteiger partial charge < -0.3 is 25.8 Å². The molecule has 0 saturated carbocycles. The minimum atomic E-state index is -1.10. The number of amides is 3. The van der Waals surface area contributed by atoms with E-state index in [1.54, 1.807) is 0 Å². The fourth-order valence-electron chi connectivity index (χ4n) is 1.54. The molecule has 3 amide bonds. The number of ether oxygens (including phenoxy) is 1. The van der Waals surface area contributed by atoms with Crippen LogP contribution in [0.1, 0.15) is 32.6 Å². The molecule has 0 aromatic heterocycles. The smallest absolute Gasteiger partial charge is 0.326 e. The molecular formula is C13H25N3O5. The van der Waals surface area contributed by atoms with Crippen LogP contribution in [0, 0.1) is 0 Å². The van der Waals surface area contributed by atoms with Crippen molar-refractivity contribution in [2.45, 2.75) is 38.6 Å². The number of nitrogens with one attached hydrogen (secondary N) is 3. The molecule has 4 N–H and O–H groups in total. The molecule has 0 saturated heterocycles. The summed E-state index contributed by atoms with van der Waals surface area (Å²) >= 11 is 0. The van der Waals surface area contributed by atoms with Gasteiger partial charge in [0.2, 0.25) is 5.91 Å². The Hall–Kier alpha value is -1.83. The van der Waals surface area contributed by atoms with E-state index in [1.165, 1.54) is 7.11 Å². The lowest BCUT2D eigenvalue weighted by atomic mass is 10.1. The third kappa shape index (κ3) is 10.6. The van der Waals surface area contributed by atoms with Crippen LogP contribution in [0.25, 0.3) is 0 Å². The maximum absolute atomic E-state index is 11.5. The van der Waals surface area contributed by atoms with E-state index in [4.69, 9.17) is 9.84 Å². The quantitative estimate of drug-likeness (QED) is 0.403. The highest BCUT2D eigenvalue weighted by molar-refractivity contribution is 5.83. The third-order valence-corrected chi connectivity index (χ3v) is 2.65. The van der Waals surface area contributed by atoms with Crippen molar-refractivity contribution in [2.24, 2.45) is 0 Å². The number of hydrogen-bond donors (Lipinski definition) is 4. The number of rotatable bonds is 11. The molecule has 0 heterocycles. The molecule has 0 aliphatic carbocycles. The number of methoxy groups -OCH3 is 1.